The zero-order valence-electron chi connectivity index (χ0n) is 14.2. The van der Waals surface area contributed by atoms with Gasteiger partial charge in [-0.05, 0) is 31.1 Å². The average Bonchev–Trinajstić information content (AvgIpc) is 2.44. The van der Waals surface area contributed by atoms with Crippen LogP contribution < -0.4 is 0 Å². The van der Waals surface area contributed by atoms with E-state index in [0.29, 0.717) is 5.82 Å². The highest BCUT2D eigenvalue weighted by molar-refractivity contribution is 6.13. The predicted octanol–water partition coefficient (Wildman–Crippen LogP) is 6.47. The van der Waals surface area contributed by atoms with E-state index in [1.807, 2.05) is 0 Å². The Bertz CT molecular complexity index is 269. The van der Waals surface area contributed by atoms with Gasteiger partial charge in [-0.3, -0.25) is 0 Å². The van der Waals surface area contributed by atoms with Gasteiger partial charge in [-0.2, -0.15) is 0 Å². The van der Waals surface area contributed by atoms with E-state index in [1.54, 1.807) is 5.57 Å². The lowest BCUT2D eigenvalue weighted by Crippen LogP contribution is -2.20. The summed E-state index contributed by atoms with van der Waals surface area (Å²) in [6.45, 7) is 6.96. The molecule has 0 aromatic heterocycles. The summed E-state index contributed by atoms with van der Waals surface area (Å²) in [7, 11) is 6.41. The van der Waals surface area contributed by atoms with Crippen LogP contribution in [0.15, 0.2) is 11.6 Å². The molecule has 1 aliphatic carbocycles. The maximum atomic E-state index is 6.41. The van der Waals surface area contributed by atoms with E-state index in [1.165, 1.54) is 70.6 Å². The fourth-order valence-corrected chi connectivity index (χ4v) is 3.53. The van der Waals surface area contributed by atoms with Crippen LogP contribution in [0, 0.1) is 11.8 Å². The highest BCUT2D eigenvalue weighted by atomic mass is 14.3. The van der Waals surface area contributed by atoms with Gasteiger partial charge in [0.2, 0.25) is 0 Å². The van der Waals surface area contributed by atoms with Crippen molar-refractivity contribution in [1.82, 2.24) is 0 Å². The minimum absolute atomic E-state index is 0.351. The van der Waals surface area contributed by atoms with Crippen LogP contribution in [0.1, 0.15) is 91.4 Å². The summed E-state index contributed by atoms with van der Waals surface area (Å²) in [5.41, 5.74) is 1.55. The number of allylic oxidation sites excluding steroid dienone is 2. The highest BCUT2D eigenvalue weighted by Crippen LogP contribution is 2.39. The molecule has 0 aliphatic heterocycles. The Morgan fingerprint density at radius 2 is 1.65 bits per heavy atom. The zero-order chi connectivity index (χ0) is 14.8. The van der Waals surface area contributed by atoms with Crippen molar-refractivity contribution in [3.8, 4) is 0 Å². The van der Waals surface area contributed by atoms with E-state index in [9.17, 15) is 0 Å². The van der Waals surface area contributed by atoms with Crippen molar-refractivity contribution in [3.63, 3.8) is 0 Å². The Morgan fingerprint density at radius 1 is 1.00 bits per heavy atom. The van der Waals surface area contributed by atoms with Crippen molar-refractivity contribution in [3.05, 3.63) is 11.6 Å². The molecule has 114 valence electrons. The predicted molar refractivity (Wildman–Crippen MR) is 92.4 cm³/mol. The summed E-state index contributed by atoms with van der Waals surface area (Å²) < 4.78 is 0. The minimum atomic E-state index is 0.351. The van der Waals surface area contributed by atoms with Crippen LogP contribution in [0.25, 0.3) is 0 Å². The van der Waals surface area contributed by atoms with Crippen molar-refractivity contribution in [2.24, 2.45) is 11.8 Å². The lowest BCUT2D eigenvalue weighted by molar-refractivity contribution is 0.331. The second-order valence-electron chi connectivity index (χ2n) is 6.86. The minimum Gasteiger partial charge on any atom is -0.0827 e. The number of rotatable bonds is 10. The Hall–Kier alpha value is -0.195. The molecule has 1 rings (SSSR count). The topological polar surface area (TPSA) is 0 Å². The molecule has 0 aromatic rings. The van der Waals surface area contributed by atoms with Crippen molar-refractivity contribution in [2.45, 2.75) is 97.2 Å². The molecule has 0 amide bonds. The fraction of sp³-hybridized carbons (Fsp3) is 0.895. The summed E-state index contributed by atoms with van der Waals surface area (Å²) in [6, 6.07) is 0. The molecule has 2 unspecified atom stereocenters. The first kappa shape index (κ1) is 17.9. The van der Waals surface area contributed by atoms with E-state index in [-0.39, 0.29) is 0 Å². The van der Waals surface area contributed by atoms with Crippen molar-refractivity contribution in [1.29, 1.82) is 0 Å². The molecule has 2 radical (unpaired) electrons. The molecule has 1 aliphatic rings. The van der Waals surface area contributed by atoms with Crippen molar-refractivity contribution >= 4 is 7.85 Å². The smallest absolute Gasteiger partial charge is 0.0759 e. The summed E-state index contributed by atoms with van der Waals surface area (Å²) >= 11 is 0. The number of hydrogen-bond acceptors (Lipinski definition) is 0. The molecule has 0 nitrogen and oxygen atoms in total. The quantitative estimate of drug-likeness (QED) is 0.243. The second-order valence-corrected chi connectivity index (χ2v) is 6.86. The van der Waals surface area contributed by atoms with Crippen molar-refractivity contribution < 1.29 is 0 Å². The SMILES string of the molecule is [B]C1CC(CCCCCC)[C@H](C)C=C1CCCCCC. The maximum absolute atomic E-state index is 6.41. The molecule has 0 saturated carbocycles. The van der Waals surface area contributed by atoms with Gasteiger partial charge in [0.1, 0.15) is 0 Å². The zero-order valence-corrected chi connectivity index (χ0v) is 14.2. The lowest BCUT2D eigenvalue weighted by atomic mass is 9.65. The second kappa shape index (κ2) is 10.5. The van der Waals surface area contributed by atoms with E-state index in [2.05, 4.69) is 26.8 Å². The largest absolute Gasteiger partial charge is 0.0827 e. The van der Waals surface area contributed by atoms with Gasteiger partial charge in [0, 0.05) is 0 Å². The maximum Gasteiger partial charge on any atom is 0.0759 e. The summed E-state index contributed by atoms with van der Waals surface area (Å²) in [5, 5.41) is 0. The number of unbranched alkanes of at least 4 members (excludes halogenated alkanes) is 6. The molecular formula is C19H35B. The van der Waals surface area contributed by atoms with E-state index in [0.717, 1.165) is 11.8 Å². The molecule has 0 bridgehead atoms. The van der Waals surface area contributed by atoms with E-state index >= 15 is 0 Å². The van der Waals surface area contributed by atoms with Crippen LogP contribution >= 0.6 is 0 Å². The van der Waals surface area contributed by atoms with Gasteiger partial charge in [-0.1, -0.05) is 89.6 Å². The fourth-order valence-electron chi connectivity index (χ4n) is 3.53. The van der Waals surface area contributed by atoms with Crippen LogP contribution in [-0.2, 0) is 0 Å². The molecular weight excluding hydrogens is 239 g/mol. The Balaban J connectivity index is 2.33. The van der Waals surface area contributed by atoms with Gasteiger partial charge in [0.15, 0.2) is 0 Å². The molecule has 20 heavy (non-hydrogen) atoms. The molecule has 0 saturated heterocycles. The van der Waals surface area contributed by atoms with E-state index in [4.69, 9.17) is 7.85 Å². The summed E-state index contributed by atoms with van der Waals surface area (Å²) in [4.78, 5) is 0. The standard InChI is InChI=1S/C19H35B/c1-4-6-8-10-12-17-15-19(20)18(14-16(17)3)13-11-9-7-5-2/h14,16-17,19H,4-13,15H2,1-3H3/t16-,17?,19?/m1/s1. The normalized spacial score (nSPS) is 26.6. The van der Waals surface area contributed by atoms with E-state index < -0.39 is 0 Å². The van der Waals surface area contributed by atoms with Gasteiger partial charge >= 0.3 is 0 Å². The van der Waals surface area contributed by atoms with Crippen LogP contribution in [0.2, 0.25) is 5.82 Å². The van der Waals surface area contributed by atoms with Gasteiger partial charge in [-0.15, -0.1) is 0 Å². The third-order valence-corrected chi connectivity index (χ3v) is 5.00. The van der Waals surface area contributed by atoms with Gasteiger partial charge in [0.05, 0.1) is 7.85 Å². The van der Waals surface area contributed by atoms with Crippen LogP contribution in [0.5, 0.6) is 0 Å². The van der Waals surface area contributed by atoms with Gasteiger partial charge in [0.25, 0.3) is 0 Å². The molecule has 0 aromatic carbocycles. The van der Waals surface area contributed by atoms with Gasteiger partial charge < -0.3 is 0 Å². The first-order chi connectivity index (χ1) is 9.69. The average molecular weight is 274 g/mol. The Morgan fingerprint density at radius 3 is 2.30 bits per heavy atom. The third-order valence-electron chi connectivity index (χ3n) is 5.00. The Kier molecular flexibility index (Phi) is 9.39. The Labute approximate surface area is 129 Å². The summed E-state index contributed by atoms with van der Waals surface area (Å²) in [5.74, 6) is 1.93. The van der Waals surface area contributed by atoms with Crippen LogP contribution in [0.3, 0.4) is 0 Å². The molecule has 1 heteroatoms. The molecule has 3 atom stereocenters. The monoisotopic (exact) mass is 274 g/mol. The summed E-state index contributed by atoms with van der Waals surface area (Å²) in [6.07, 6.45) is 17.3. The molecule has 0 spiro atoms. The van der Waals surface area contributed by atoms with Gasteiger partial charge in [-0.25, -0.2) is 0 Å². The van der Waals surface area contributed by atoms with Crippen LogP contribution in [-0.4, -0.2) is 7.85 Å². The first-order valence-electron chi connectivity index (χ1n) is 9.15. The number of hydrogen-bond donors (Lipinski definition) is 0. The highest BCUT2D eigenvalue weighted by Gasteiger charge is 2.25. The first-order valence-corrected chi connectivity index (χ1v) is 9.15. The van der Waals surface area contributed by atoms with Crippen molar-refractivity contribution in [2.75, 3.05) is 0 Å². The molecule has 0 fully saturated rings. The molecule has 0 N–H and O–H groups in total. The third kappa shape index (κ3) is 6.50. The molecule has 0 heterocycles. The van der Waals surface area contributed by atoms with Crippen LogP contribution in [0.4, 0.5) is 0 Å². The lowest BCUT2D eigenvalue weighted by Gasteiger charge is -2.33.